The Morgan fingerprint density at radius 3 is 2.72 bits per heavy atom. The number of ether oxygens (including phenoxy) is 1. The first-order valence-corrected chi connectivity index (χ1v) is 7.71. The molecule has 25 heavy (non-hydrogen) atoms. The Bertz CT molecular complexity index is 1060. The van der Waals surface area contributed by atoms with Gasteiger partial charge in [-0.2, -0.15) is 5.26 Å². The zero-order chi connectivity index (χ0) is 18.0. The maximum Gasteiger partial charge on any atom is 0.144 e. The van der Waals surface area contributed by atoms with Crippen molar-refractivity contribution in [3.8, 4) is 35.3 Å². The molecule has 0 amide bonds. The van der Waals surface area contributed by atoms with Crippen LogP contribution >= 0.6 is 0 Å². The predicted octanol–water partition coefficient (Wildman–Crippen LogP) is 3.32. The van der Waals surface area contributed by atoms with Gasteiger partial charge in [-0.1, -0.05) is 18.1 Å². The van der Waals surface area contributed by atoms with Crippen molar-refractivity contribution in [2.45, 2.75) is 6.92 Å². The Hall–Kier alpha value is -3.70. The summed E-state index contributed by atoms with van der Waals surface area (Å²) in [7, 11) is 0. The van der Waals surface area contributed by atoms with Gasteiger partial charge in [-0.25, -0.2) is 4.98 Å². The highest BCUT2D eigenvalue weighted by molar-refractivity contribution is 6.02. The molecular formula is C20H16N4O. The number of terminal acetylenes is 1. The summed E-state index contributed by atoms with van der Waals surface area (Å²) in [6.07, 6.45) is 5.50. The quantitative estimate of drug-likeness (QED) is 0.568. The summed E-state index contributed by atoms with van der Waals surface area (Å²) in [5.41, 5.74) is 15.7. The van der Waals surface area contributed by atoms with Gasteiger partial charge in [0.15, 0.2) is 0 Å². The highest BCUT2D eigenvalue weighted by atomic mass is 16.5. The summed E-state index contributed by atoms with van der Waals surface area (Å²) < 4.78 is 5.53. The van der Waals surface area contributed by atoms with E-state index in [1.165, 1.54) is 0 Å². The Kier molecular flexibility index (Phi) is 4.16. The zero-order valence-electron chi connectivity index (χ0n) is 13.7. The van der Waals surface area contributed by atoms with Gasteiger partial charge in [-0.15, -0.1) is 6.42 Å². The van der Waals surface area contributed by atoms with Crippen molar-refractivity contribution in [2.24, 2.45) is 0 Å². The molecule has 0 saturated carbocycles. The molecule has 4 N–H and O–H groups in total. The van der Waals surface area contributed by atoms with E-state index in [1.807, 2.05) is 31.2 Å². The smallest absolute Gasteiger partial charge is 0.144 e. The number of nitriles is 1. The normalized spacial score (nSPS) is 10.2. The Morgan fingerprint density at radius 1 is 1.24 bits per heavy atom. The highest BCUT2D eigenvalue weighted by Gasteiger charge is 2.17. The van der Waals surface area contributed by atoms with E-state index < -0.39 is 0 Å². The van der Waals surface area contributed by atoms with Crippen molar-refractivity contribution in [1.29, 1.82) is 5.26 Å². The van der Waals surface area contributed by atoms with Gasteiger partial charge in [0.05, 0.1) is 17.8 Å². The van der Waals surface area contributed by atoms with Crippen LogP contribution in [0.5, 0.6) is 5.75 Å². The summed E-state index contributed by atoms with van der Waals surface area (Å²) in [4.78, 5) is 4.34. The van der Waals surface area contributed by atoms with E-state index in [0.29, 0.717) is 40.3 Å². The molecule has 0 aliphatic carbocycles. The summed E-state index contributed by atoms with van der Waals surface area (Å²) in [5, 5.41) is 10.3. The van der Waals surface area contributed by atoms with Gasteiger partial charge < -0.3 is 16.2 Å². The number of benzene rings is 2. The molecule has 3 aromatic rings. The van der Waals surface area contributed by atoms with Crippen molar-refractivity contribution in [2.75, 3.05) is 18.1 Å². The lowest BCUT2D eigenvalue weighted by Gasteiger charge is -2.14. The average molecular weight is 328 g/mol. The van der Waals surface area contributed by atoms with Gasteiger partial charge in [0.25, 0.3) is 0 Å². The molecule has 1 aromatic heterocycles. The third kappa shape index (κ3) is 2.80. The third-order valence-electron chi connectivity index (χ3n) is 3.87. The summed E-state index contributed by atoms with van der Waals surface area (Å²) in [5.74, 6) is 3.29. The van der Waals surface area contributed by atoms with Crippen LogP contribution < -0.4 is 16.2 Å². The second kappa shape index (κ2) is 6.43. The molecular weight excluding hydrogens is 312 g/mol. The lowest BCUT2D eigenvalue weighted by Crippen LogP contribution is -2.02. The van der Waals surface area contributed by atoms with E-state index >= 15 is 0 Å². The standard InChI is InChI=1S/C20H16N4O/c1-3-12-6-5-7-13(8-12)19-14-9-16(22)18(25-4-2)10-17(14)24-20(23)15(19)11-21/h1,5-10H,4,22H2,2H3,(H2,23,24). The highest BCUT2D eigenvalue weighted by Crippen LogP contribution is 2.37. The van der Waals surface area contributed by atoms with E-state index in [9.17, 15) is 5.26 Å². The molecule has 122 valence electrons. The van der Waals surface area contributed by atoms with Crippen molar-refractivity contribution < 1.29 is 4.74 Å². The Morgan fingerprint density at radius 2 is 2.04 bits per heavy atom. The van der Waals surface area contributed by atoms with Crippen LogP contribution in [0, 0.1) is 23.7 Å². The maximum absolute atomic E-state index is 9.59. The summed E-state index contributed by atoms with van der Waals surface area (Å²) >= 11 is 0. The van der Waals surface area contributed by atoms with Crippen LogP contribution in [0.1, 0.15) is 18.1 Å². The summed E-state index contributed by atoms with van der Waals surface area (Å²) in [6, 6.07) is 13.0. The number of nitrogens with two attached hydrogens (primary N) is 2. The van der Waals surface area contributed by atoms with E-state index in [-0.39, 0.29) is 5.82 Å². The molecule has 0 atom stereocenters. The molecule has 0 fully saturated rings. The molecule has 0 aliphatic rings. The number of aromatic nitrogens is 1. The fourth-order valence-corrected chi connectivity index (χ4v) is 2.78. The molecule has 0 radical (unpaired) electrons. The zero-order valence-corrected chi connectivity index (χ0v) is 13.7. The minimum atomic E-state index is 0.156. The lowest BCUT2D eigenvalue weighted by molar-refractivity contribution is 0.342. The van der Waals surface area contributed by atoms with Crippen LogP contribution in [0.2, 0.25) is 0 Å². The second-order valence-electron chi connectivity index (χ2n) is 5.42. The number of nitrogens with zero attached hydrogens (tertiary/aromatic N) is 2. The van der Waals surface area contributed by atoms with E-state index in [2.05, 4.69) is 17.0 Å². The largest absolute Gasteiger partial charge is 0.492 e. The van der Waals surface area contributed by atoms with Gasteiger partial charge in [-0.3, -0.25) is 0 Å². The number of fused-ring (bicyclic) bond motifs is 1. The molecule has 3 rings (SSSR count). The molecule has 0 saturated heterocycles. The Labute approximate surface area is 145 Å². The molecule has 2 aromatic carbocycles. The molecule has 0 unspecified atom stereocenters. The van der Waals surface area contributed by atoms with Gasteiger partial charge in [0.2, 0.25) is 0 Å². The van der Waals surface area contributed by atoms with Crippen LogP contribution in [0.4, 0.5) is 11.5 Å². The van der Waals surface area contributed by atoms with E-state index in [4.69, 9.17) is 22.6 Å². The number of hydrogen-bond donors (Lipinski definition) is 2. The van der Waals surface area contributed by atoms with Crippen molar-refractivity contribution in [3.63, 3.8) is 0 Å². The fraction of sp³-hybridized carbons (Fsp3) is 0.100. The number of anilines is 2. The van der Waals surface area contributed by atoms with Crippen molar-refractivity contribution in [1.82, 2.24) is 4.98 Å². The van der Waals surface area contributed by atoms with Crippen LogP contribution in [0.3, 0.4) is 0 Å². The van der Waals surface area contributed by atoms with Gasteiger partial charge in [0.1, 0.15) is 23.2 Å². The predicted molar refractivity (Wildman–Crippen MR) is 99.8 cm³/mol. The molecule has 5 nitrogen and oxygen atoms in total. The fourth-order valence-electron chi connectivity index (χ4n) is 2.78. The van der Waals surface area contributed by atoms with Gasteiger partial charge >= 0.3 is 0 Å². The average Bonchev–Trinajstić information content (AvgIpc) is 2.62. The van der Waals surface area contributed by atoms with Crippen LogP contribution in [-0.4, -0.2) is 11.6 Å². The molecule has 1 heterocycles. The number of rotatable bonds is 3. The third-order valence-corrected chi connectivity index (χ3v) is 3.87. The second-order valence-corrected chi connectivity index (χ2v) is 5.42. The van der Waals surface area contributed by atoms with Crippen LogP contribution in [0.15, 0.2) is 36.4 Å². The molecule has 0 spiro atoms. The number of hydrogen-bond acceptors (Lipinski definition) is 5. The summed E-state index contributed by atoms with van der Waals surface area (Å²) in [6.45, 7) is 2.36. The maximum atomic E-state index is 9.59. The minimum Gasteiger partial charge on any atom is -0.492 e. The number of pyridine rings is 1. The van der Waals surface area contributed by atoms with Crippen molar-refractivity contribution >= 4 is 22.4 Å². The molecule has 0 aliphatic heterocycles. The van der Waals surface area contributed by atoms with Gasteiger partial charge in [0, 0.05) is 22.6 Å². The van der Waals surface area contributed by atoms with E-state index in [0.717, 1.165) is 10.9 Å². The monoisotopic (exact) mass is 328 g/mol. The first-order valence-electron chi connectivity index (χ1n) is 7.71. The van der Waals surface area contributed by atoms with Crippen LogP contribution in [-0.2, 0) is 0 Å². The topological polar surface area (TPSA) is 98.0 Å². The van der Waals surface area contributed by atoms with Crippen LogP contribution in [0.25, 0.3) is 22.0 Å². The van der Waals surface area contributed by atoms with Crippen molar-refractivity contribution in [3.05, 3.63) is 47.5 Å². The minimum absolute atomic E-state index is 0.156. The number of nitrogen functional groups attached to an aromatic ring is 2. The first kappa shape index (κ1) is 16.2. The molecule has 0 bridgehead atoms. The first-order chi connectivity index (χ1) is 12.1. The van der Waals surface area contributed by atoms with Gasteiger partial charge in [-0.05, 0) is 30.7 Å². The van der Waals surface area contributed by atoms with E-state index in [1.54, 1.807) is 12.1 Å². The Balaban J connectivity index is 2.41. The molecule has 5 heteroatoms. The SMILES string of the molecule is C#Cc1cccc(-c2c(C#N)c(N)nc3cc(OCC)c(N)cc23)c1. The lowest BCUT2D eigenvalue weighted by atomic mass is 9.94.